The Morgan fingerprint density at radius 1 is 1.21 bits per heavy atom. The van der Waals surface area contributed by atoms with E-state index in [2.05, 4.69) is 41.0 Å². The molecule has 7 nitrogen and oxygen atoms in total. The van der Waals surface area contributed by atoms with Crippen molar-refractivity contribution in [2.24, 2.45) is 5.14 Å². The number of rotatable bonds is 5. The molecule has 2 N–H and O–H groups in total. The van der Waals surface area contributed by atoms with Crippen LogP contribution in [0.5, 0.6) is 0 Å². The molecule has 3 aromatic rings. The summed E-state index contributed by atoms with van der Waals surface area (Å²) in [5, 5.41) is 9.35. The Kier molecular flexibility index (Phi) is 4.68. The van der Waals surface area contributed by atoms with Crippen molar-refractivity contribution < 1.29 is 12.9 Å². The molecule has 0 spiro atoms. The first-order valence-electron chi connectivity index (χ1n) is 9.19. The molecule has 0 saturated heterocycles. The van der Waals surface area contributed by atoms with E-state index < -0.39 is 10.0 Å². The molecule has 0 radical (unpaired) electrons. The lowest BCUT2D eigenvalue weighted by molar-refractivity contribution is 0.374. The first kappa shape index (κ1) is 18.6. The van der Waals surface area contributed by atoms with Gasteiger partial charge in [0.25, 0.3) is 0 Å². The second-order valence-corrected chi connectivity index (χ2v) is 8.64. The molecule has 4 rings (SSSR count). The number of sulfonamides is 1. The standard InChI is InChI=1S/C20H22N4O3S/c1-3-14-4-6-15(7-5-14)20-22-19(27-23-20)12-24-13(2)10-16-11-17(28(21,25)26)8-9-18(16)24/h4-9,11,13H,3,10,12H2,1-2H3,(H2,21,25,26). The summed E-state index contributed by atoms with van der Waals surface area (Å²) >= 11 is 0. The van der Waals surface area contributed by atoms with Crippen LogP contribution in [0.4, 0.5) is 5.69 Å². The van der Waals surface area contributed by atoms with Crippen molar-refractivity contribution >= 4 is 15.7 Å². The smallest absolute Gasteiger partial charge is 0.246 e. The predicted octanol–water partition coefficient (Wildman–Crippen LogP) is 2.90. The van der Waals surface area contributed by atoms with Crippen LogP contribution < -0.4 is 10.0 Å². The van der Waals surface area contributed by atoms with Crippen LogP contribution in [-0.2, 0) is 29.4 Å². The van der Waals surface area contributed by atoms with Crippen LogP contribution in [-0.4, -0.2) is 24.6 Å². The minimum absolute atomic E-state index is 0.135. The van der Waals surface area contributed by atoms with Gasteiger partial charge in [0.2, 0.25) is 21.7 Å². The number of aromatic nitrogens is 2. The number of benzene rings is 2. The molecule has 1 unspecified atom stereocenters. The predicted molar refractivity (Wildman–Crippen MR) is 106 cm³/mol. The number of hydrogen-bond donors (Lipinski definition) is 1. The van der Waals surface area contributed by atoms with Gasteiger partial charge < -0.3 is 9.42 Å². The highest BCUT2D eigenvalue weighted by Crippen LogP contribution is 2.34. The van der Waals surface area contributed by atoms with E-state index in [1.54, 1.807) is 12.1 Å². The van der Waals surface area contributed by atoms with E-state index in [1.807, 2.05) is 12.1 Å². The lowest BCUT2D eigenvalue weighted by atomic mass is 10.1. The number of primary sulfonamides is 1. The van der Waals surface area contributed by atoms with E-state index in [0.717, 1.165) is 29.7 Å². The van der Waals surface area contributed by atoms with Crippen molar-refractivity contribution in [3.63, 3.8) is 0 Å². The van der Waals surface area contributed by atoms with Crippen molar-refractivity contribution in [1.29, 1.82) is 0 Å². The summed E-state index contributed by atoms with van der Waals surface area (Å²) in [4.78, 5) is 6.80. The Hall–Kier alpha value is -2.71. The zero-order valence-electron chi connectivity index (χ0n) is 15.8. The number of nitrogens with two attached hydrogens (primary N) is 1. The van der Waals surface area contributed by atoms with Gasteiger partial charge in [0.05, 0.1) is 11.4 Å². The molecular formula is C20H22N4O3S. The van der Waals surface area contributed by atoms with Gasteiger partial charge >= 0.3 is 0 Å². The van der Waals surface area contributed by atoms with Gasteiger partial charge in [-0.1, -0.05) is 36.3 Å². The summed E-state index contributed by atoms with van der Waals surface area (Å²) < 4.78 is 28.7. The van der Waals surface area contributed by atoms with Crippen LogP contribution in [0.1, 0.15) is 30.9 Å². The Labute approximate surface area is 164 Å². The van der Waals surface area contributed by atoms with E-state index in [9.17, 15) is 8.42 Å². The molecule has 0 bridgehead atoms. The largest absolute Gasteiger partial charge is 0.359 e. The van der Waals surface area contributed by atoms with Crippen molar-refractivity contribution in [3.05, 3.63) is 59.5 Å². The third kappa shape index (κ3) is 3.53. The molecule has 0 aliphatic carbocycles. The second kappa shape index (κ2) is 7.03. The highest BCUT2D eigenvalue weighted by molar-refractivity contribution is 7.89. The molecule has 8 heteroatoms. The Morgan fingerprint density at radius 3 is 2.64 bits per heavy atom. The van der Waals surface area contributed by atoms with Crippen LogP contribution in [0.2, 0.25) is 0 Å². The zero-order valence-corrected chi connectivity index (χ0v) is 16.6. The van der Waals surface area contributed by atoms with Gasteiger partial charge in [-0.3, -0.25) is 0 Å². The summed E-state index contributed by atoms with van der Waals surface area (Å²) in [7, 11) is -3.71. The maximum absolute atomic E-state index is 11.6. The molecule has 146 valence electrons. The number of anilines is 1. The molecule has 2 heterocycles. The number of hydrogen-bond acceptors (Lipinski definition) is 6. The monoisotopic (exact) mass is 398 g/mol. The lowest BCUT2D eigenvalue weighted by Crippen LogP contribution is -2.28. The average Bonchev–Trinajstić information content (AvgIpc) is 3.26. The first-order chi connectivity index (χ1) is 13.3. The molecular weight excluding hydrogens is 376 g/mol. The van der Waals surface area contributed by atoms with E-state index in [-0.39, 0.29) is 10.9 Å². The van der Waals surface area contributed by atoms with Crippen LogP contribution in [0.25, 0.3) is 11.4 Å². The molecule has 1 aliphatic rings. The highest BCUT2D eigenvalue weighted by Gasteiger charge is 2.28. The van der Waals surface area contributed by atoms with Crippen molar-refractivity contribution in [2.75, 3.05) is 4.90 Å². The number of nitrogens with zero attached hydrogens (tertiary/aromatic N) is 3. The van der Waals surface area contributed by atoms with E-state index >= 15 is 0 Å². The fraction of sp³-hybridized carbons (Fsp3) is 0.300. The quantitative estimate of drug-likeness (QED) is 0.709. The molecule has 0 saturated carbocycles. The van der Waals surface area contributed by atoms with E-state index in [0.29, 0.717) is 18.3 Å². The summed E-state index contributed by atoms with van der Waals surface area (Å²) in [5.41, 5.74) is 4.09. The van der Waals surface area contributed by atoms with Gasteiger partial charge in [-0.15, -0.1) is 0 Å². The van der Waals surface area contributed by atoms with Gasteiger partial charge in [-0.25, -0.2) is 13.6 Å². The van der Waals surface area contributed by atoms with Crippen molar-refractivity contribution in [3.8, 4) is 11.4 Å². The topological polar surface area (TPSA) is 102 Å². The molecule has 1 atom stereocenters. The van der Waals surface area contributed by atoms with E-state index in [4.69, 9.17) is 9.66 Å². The van der Waals surface area contributed by atoms with Crippen LogP contribution in [0.15, 0.2) is 51.9 Å². The fourth-order valence-corrected chi connectivity index (χ4v) is 4.13. The second-order valence-electron chi connectivity index (χ2n) is 7.08. The van der Waals surface area contributed by atoms with Crippen molar-refractivity contribution in [2.45, 2.75) is 44.2 Å². The maximum atomic E-state index is 11.6. The molecule has 1 aromatic heterocycles. The third-order valence-electron chi connectivity index (χ3n) is 5.13. The summed E-state index contributed by atoms with van der Waals surface area (Å²) in [6.07, 6.45) is 1.72. The first-order valence-corrected chi connectivity index (χ1v) is 10.7. The molecule has 0 amide bonds. The molecule has 28 heavy (non-hydrogen) atoms. The minimum Gasteiger partial charge on any atom is -0.359 e. The SMILES string of the molecule is CCc1ccc(-c2noc(CN3c4ccc(S(N)(=O)=O)cc4CC3C)n2)cc1. The molecule has 2 aromatic carbocycles. The third-order valence-corrected chi connectivity index (χ3v) is 6.04. The van der Waals surface area contributed by atoms with E-state index in [1.165, 1.54) is 11.6 Å². The van der Waals surface area contributed by atoms with Gasteiger partial charge in [-0.05, 0) is 49.1 Å². The van der Waals surface area contributed by atoms with Crippen molar-refractivity contribution in [1.82, 2.24) is 10.1 Å². The molecule has 0 fully saturated rings. The lowest BCUT2D eigenvalue weighted by Gasteiger charge is -2.22. The van der Waals surface area contributed by atoms with Gasteiger partial charge in [0, 0.05) is 17.3 Å². The van der Waals surface area contributed by atoms with Gasteiger partial charge in [0.1, 0.15) is 0 Å². The highest BCUT2D eigenvalue weighted by atomic mass is 32.2. The van der Waals surface area contributed by atoms with Crippen LogP contribution in [0, 0.1) is 0 Å². The van der Waals surface area contributed by atoms with Gasteiger partial charge in [-0.2, -0.15) is 4.98 Å². The normalized spacial score (nSPS) is 16.4. The fourth-order valence-electron chi connectivity index (χ4n) is 3.56. The number of fused-ring (bicyclic) bond motifs is 1. The summed E-state index contributed by atoms with van der Waals surface area (Å²) in [6, 6.07) is 13.3. The summed E-state index contributed by atoms with van der Waals surface area (Å²) in [6.45, 7) is 4.66. The Morgan fingerprint density at radius 2 is 1.96 bits per heavy atom. The minimum atomic E-state index is -3.71. The summed E-state index contributed by atoms with van der Waals surface area (Å²) in [5.74, 6) is 1.08. The maximum Gasteiger partial charge on any atom is 0.246 e. The Balaban J connectivity index is 1.56. The van der Waals surface area contributed by atoms with Crippen LogP contribution >= 0.6 is 0 Å². The Bertz CT molecular complexity index is 1110. The number of aryl methyl sites for hydroxylation is 1. The molecule has 1 aliphatic heterocycles. The zero-order chi connectivity index (χ0) is 19.9. The van der Waals surface area contributed by atoms with Gasteiger partial charge in [0.15, 0.2) is 0 Å². The van der Waals surface area contributed by atoms with Crippen LogP contribution in [0.3, 0.4) is 0 Å². The average molecular weight is 398 g/mol.